The second-order valence-corrected chi connectivity index (χ2v) is 6.79. The van der Waals surface area contributed by atoms with E-state index in [9.17, 15) is 4.79 Å². The minimum atomic E-state index is -0.101. The summed E-state index contributed by atoms with van der Waals surface area (Å²) >= 11 is 0. The van der Waals surface area contributed by atoms with Gasteiger partial charge in [-0.05, 0) is 72.6 Å². The minimum Gasteiger partial charge on any atom is -0.320 e. The average molecular weight is 321 g/mol. The molecular weight excluding hydrogens is 290 g/mol. The third-order valence-corrected chi connectivity index (χ3v) is 4.79. The summed E-state index contributed by atoms with van der Waals surface area (Å²) < 4.78 is 1.84. The Balaban J connectivity index is 1.85. The van der Waals surface area contributed by atoms with Crippen LogP contribution < -0.4 is 10.6 Å². The molecular formula is C17H31N5O. The van der Waals surface area contributed by atoms with Crippen LogP contribution in [0.4, 0.5) is 5.82 Å². The van der Waals surface area contributed by atoms with E-state index >= 15 is 0 Å². The maximum atomic E-state index is 12.5. The Hall–Kier alpha value is -1.40. The number of hydrogen-bond acceptors (Lipinski definition) is 4. The molecule has 130 valence electrons. The topological polar surface area (TPSA) is 62.2 Å². The minimum absolute atomic E-state index is 0.0566. The molecule has 0 aromatic carbocycles. The highest BCUT2D eigenvalue weighted by molar-refractivity contribution is 5.93. The molecule has 0 spiro atoms. The molecule has 6 heteroatoms. The van der Waals surface area contributed by atoms with Crippen molar-refractivity contribution in [3.63, 3.8) is 0 Å². The fourth-order valence-corrected chi connectivity index (χ4v) is 3.20. The SMILES string of the molecule is CNCCC1CCN(C(C)C(=O)Nc2ccnn2C(C)C)CC1. The van der Waals surface area contributed by atoms with Crippen LogP contribution in [0.3, 0.4) is 0 Å². The molecule has 1 amide bonds. The summed E-state index contributed by atoms with van der Waals surface area (Å²) in [5.41, 5.74) is 0. The number of carbonyl (C=O) groups excluding carboxylic acids is 1. The molecule has 1 aromatic rings. The van der Waals surface area contributed by atoms with E-state index in [0.29, 0.717) is 0 Å². The lowest BCUT2D eigenvalue weighted by atomic mass is 9.93. The molecule has 0 bridgehead atoms. The van der Waals surface area contributed by atoms with Crippen molar-refractivity contribution in [2.24, 2.45) is 5.92 Å². The summed E-state index contributed by atoms with van der Waals surface area (Å²) in [6.07, 6.45) is 5.33. The second-order valence-electron chi connectivity index (χ2n) is 6.79. The van der Waals surface area contributed by atoms with Gasteiger partial charge in [0.1, 0.15) is 5.82 Å². The standard InChI is InChI=1S/C17H31N5O/c1-13(2)22-16(6-10-19-22)20-17(23)14(3)21-11-7-15(8-12-21)5-9-18-4/h6,10,13-15,18H,5,7-9,11-12H2,1-4H3,(H,20,23). The quantitative estimate of drug-likeness (QED) is 0.807. The average Bonchev–Trinajstić information content (AvgIpc) is 3.01. The maximum Gasteiger partial charge on any atom is 0.242 e. The monoisotopic (exact) mass is 321 g/mol. The van der Waals surface area contributed by atoms with Gasteiger partial charge in [0.2, 0.25) is 5.91 Å². The van der Waals surface area contributed by atoms with Gasteiger partial charge in [0.05, 0.1) is 12.2 Å². The number of piperidine rings is 1. The zero-order valence-corrected chi connectivity index (χ0v) is 14.9. The fraction of sp³-hybridized carbons (Fsp3) is 0.765. The lowest BCUT2D eigenvalue weighted by Crippen LogP contribution is -2.46. The number of nitrogens with zero attached hydrogens (tertiary/aromatic N) is 3. The highest BCUT2D eigenvalue weighted by Gasteiger charge is 2.27. The second kappa shape index (κ2) is 8.45. The number of anilines is 1. The van der Waals surface area contributed by atoms with Crippen LogP contribution in [0.2, 0.25) is 0 Å². The first-order valence-electron chi connectivity index (χ1n) is 8.76. The Morgan fingerprint density at radius 2 is 2.04 bits per heavy atom. The third kappa shape index (κ3) is 4.78. The van der Waals surface area contributed by atoms with Gasteiger partial charge in [-0.2, -0.15) is 5.10 Å². The zero-order chi connectivity index (χ0) is 16.8. The molecule has 2 N–H and O–H groups in total. The number of rotatable bonds is 7. The Kier molecular flexibility index (Phi) is 6.59. The van der Waals surface area contributed by atoms with E-state index in [1.54, 1.807) is 6.20 Å². The Bertz CT molecular complexity index is 491. The van der Waals surface area contributed by atoms with Crippen LogP contribution in [-0.2, 0) is 4.79 Å². The zero-order valence-electron chi connectivity index (χ0n) is 14.9. The molecule has 0 radical (unpaired) electrons. The predicted molar refractivity (Wildman–Crippen MR) is 93.5 cm³/mol. The van der Waals surface area contributed by atoms with Crippen molar-refractivity contribution in [1.82, 2.24) is 20.0 Å². The van der Waals surface area contributed by atoms with Crippen LogP contribution in [0.25, 0.3) is 0 Å². The predicted octanol–water partition coefficient (Wildman–Crippen LogP) is 2.11. The molecule has 1 unspecified atom stereocenters. The van der Waals surface area contributed by atoms with Crippen LogP contribution in [0.1, 0.15) is 46.1 Å². The molecule has 6 nitrogen and oxygen atoms in total. The Labute approximate surface area is 139 Å². The number of hydrogen-bond donors (Lipinski definition) is 2. The number of aromatic nitrogens is 2. The van der Waals surface area contributed by atoms with Crippen molar-refractivity contribution in [3.8, 4) is 0 Å². The van der Waals surface area contributed by atoms with Crippen LogP contribution in [0, 0.1) is 5.92 Å². The largest absolute Gasteiger partial charge is 0.320 e. The molecule has 1 aliphatic heterocycles. The molecule has 1 saturated heterocycles. The Morgan fingerprint density at radius 3 is 2.65 bits per heavy atom. The highest BCUT2D eigenvalue weighted by Crippen LogP contribution is 2.22. The first-order valence-corrected chi connectivity index (χ1v) is 8.76. The van der Waals surface area contributed by atoms with Gasteiger partial charge in [0.15, 0.2) is 0 Å². The van der Waals surface area contributed by atoms with Gasteiger partial charge in [-0.15, -0.1) is 0 Å². The van der Waals surface area contributed by atoms with Crippen molar-refractivity contribution in [2.45, 2.75) is 52.1 Å². The van der Waals surface area contributed by atoms with Gasteiger partial charge >= 0.3 is 0 Å². The van der Waals surface area contributed by atoms with E-state index in [2.05, 4.69) is 34.5 Å². The van der Waals surface area contributed by atoms with Gasteiger partial charge in [0.25, 0.3) is 0 Å². The smallest absolute Gasteiger partial charge is 0.242 e. The van der Waals surface area contributed by atoms with Crippen molar-refractivity contribution >= 4 is 11.7 Å². The number of amides is 1. The molecule has 0 saturated carbocycles. The number of carbonyl (C=O) groups is 1. The van der Waals surface area contributed by atoms with Crippen molar-refractivity contribution in [1.29, 1.82) is 0 Å². The van der Waals surface area contributed by atoms with E-state index in [1.807, 2.05) is 24.7 Å². The van der Waals surface area contributed by atoms with E-state index in [-0.39, 0.29) is 18.0 Å². The molecule has 2 rings (SSSR count). The normalized spacial score (nSPS) is 18.3. The molecule has 2 heterocycles. The van der Waals surface area contributed by atoms with Crippen LogP contribution in [0.5, 0.6) is 0 Å². The van der Waals surface area contributed by atoms with Gasteiger partial charge in [-0.1, -0.05) is 0 Å². The van der Waals surface area contributed by atoms with Gasteiger partial charge < -0.3 is 10.6 Å². The first-order chi connectivity index (χ1) is 11.0. The summed E-state index contributed by atoms with van der Waals surface area (Å²) in [6, 6.07) is 1.99. The summed E-state index contributed by atoms with van der Waals surface area (Å²) in [5, 5.41) is 10.5. The molecule has 1 atom stereocenters. The number of likely N-dealkylation sites (tertiary alicyclic amines) is 1. The van der Waals surface area contributed by atoms with Crippen molar-refractivity contribution in [2.75, 3.05) is 32.0 Å². The first kappa shape index (κ1) is 17.9. The maximum absolute atomic E-state index is 12.5. The van der Waals surface area contributed by atoms with Crippen LogP contribution >= 0.6 is 0 Å². The van der Waals surface area contributed by atoms with Crippen LogP contribution in [-0.4, -0.2) is 53.3 Å². The van der Waals surface area contributed by atoms with E-state index in [1.165, 1.54) is 19.3 Å². The molecule has 1 aliphatic rings. The van der Waals surface area contributed by atoms with Gasteiger partial charge in [0, 0.05) is 12.1 Å². The lowest BCUT2D eigenvalue weighted by Gasteiger charge is -2.35. The summed E-state index contributed by atoms with van der Waals surface area (Å²) in [7, 11) is 2.00. The summed E-state index contributed by atoms with van der Waals surface area (Å²) in [6.45, 7) is 9.21. The molecule has 1 aromatic heterocycles. The Morgan fingerprint density at radius 1 is 1.35 bits per heavy atom. The third-order valence-electron chi connectivity index (χ3n) is 4.79. The molecule has 0 aliphatic carbocycles. The van der Waals surface area contributed by atoms with Gasteiger partial charge in [-0.25, -0.2) is 4.68 Å². The molecule has 23 heavy (non-hydrogen) atoms. The fourth-order valence-electron chi connectivity index (χ4n) is 3.20. The highest BCUT2D eigenvalue weighted by atomic mass is 16.2. The molecule has 1 fully saturated rings. The van der Waals surface area contributed by atoms with E-state index in [4.69, 9.17) is 0 Å². The lowest BCUT2D eigenvalue weighted by molar-refractivity contribution is -0.121. The van der Waals surface area contributed by atoms with Gasteiger partial charge in [-0.3, -0.25) is 9.69 Å². The summed E-state index contributed by atoms with van der Waals surface area (Å²) in [5.74, 6) is 1.62. The summed E-state index contributed by atoms with van der Waals surface area (Å²) in [4.78, 5) is 14.8. The van der Waals surface area contributed by atoms with Crippen molar-refractivity contribution < 1.29 is 4.79 Å². The number of nitrogens with one attached hydrogen (secondary N) is 2. The van der Waals surface area contributed by atoms with Crippen molar-refractivity contribution in [3.05, 3.63) is 12.3 Å². The van der Waals surface area contributed by atoms with E-state index < -0.39 is 0 Å². The van der Waals surface area contributed by atoms with Crippen LogP contribution in [0.15, 0.2) is 12.3 Å². The van der Waals surface area contributed by atoms with E-state index in [0.717, 1.165) is 31.4 Å².